The fourth-order valence-corrected chi connectivity index (χ4v) is 6.42. The fraction of sp³-hybridized carbons (Fsp3) is 0.433. The van der Waals surface area contributed by atoms with Gasteiger partial charge in [-0.15, -0.1) is 13.2 Å². The Hall–Kier alpha value is -4.96. The third kappa shape index (κ3) is 6.64. The van der Waals surface area contributed by atoms with Crippen molar-refractivity contribution in [3.8, 4) is 5.75 Å². The molecular formula is C30H30F5N7O5. The highest BCUT2D eigenvalue weighted by Gasteiger charge is 2.56. The fourth-order valence-electron chi connectivity index (χ4n) is 6.42. The maximum absolute atomic E-state index is 14.7. The molecule has 250 valence electrons. The second-order valence-electron chi connectivity index (χ2n) is 12.2. The van der Waals surface area contributed by atoms with E-state index in [0.29, 0.717) is 31.3 Å². The summed E-state index contributed by atoms with van der Waals surface area (Å²) in [5, 5.41) is 9.43. The molecule has 3 aromatic rings. The number of carbonyl (C=O) groups excluding carboxylic acids is 4. The number of nitrogens with one attached hydrogen (secondary N) is 2. The number of nitrogens with zero attached hydrogens (tertiary/aromatic N) is 4. The zero-order chi connectivity index (χ0) is 33.8. The molecular weight excluding hydrogens is 633 g/mol. The summed E-state index contributed by atoms with van der Waals surface area (Å²) in [7, 11) is 0. The third-order valence-electron chi connectivity index (χ3n) is 8.60. The quantitative estimate of drug-likeness (QED) is 0.323. The van der Waals surface area contributed by atoms with E-state index < -0.39 is 65.6 Å². The largest absolute Gasteiger partial charge is 0.573 e. The average molecular weight is 664 g/mol. The van der Waals surface area contributed by atoms with Gasteiger partial charge in [-0.05, 0) is 68.9 Å². The monoisotopic (exact) mass is 663 g/mol. The molecule has 12 nitrogen and oxygen atoms in total. The van der Waals surface area contributed by atoms with Gasteiger partial charge in [0.25, 0.3) is 5.91 Å². The first-order valence-electron chi connectivity index (χ1n) is 14.8. The van der Waals surface area contributed by atoms with Gasteiger partial charge in [-0.2, -0.15) is 5.10 Å². The number of benzene rings is 2. The van der Waals surface area contributed by atoms with E-state index in [4.69, 9.17) is 5.73 Å². The van der Waals surface area contributed by atoms with Gasteiger partial charge in [-0.1, -0.05) is 6.07 Å². The lowest BCUT2D eigenvalue weighted by Gasteiger charge is -2.35. The standard InChI is InChI=1S/C30H30F5N7O5/c1-29(32)8-3-9-40(14-29)28(46)37-16-6-7-19-17(12-16)25(26(36)44)39-41(19)13-23(43)42-20-10-15(20)11-21(42)27(45)38-18-4-2-5-22(24(18)31)47-30(33,34)35/h2,4-7,12,15,20-21H,3,8-11,13-14H2,1H3,(H2,36,44)(H,37,46)(H,38,45)/t15-,20?,21+,29?/m1/s1. The van der Waals surface area contributed by atoms with Gasteiger partial charge < -0.3 is 30.9 Å². The second-order valence-corrected chi connectivity index (χ2v) is 12.2. The molecule has 0 radical (unpaired) electrons. The molecule has 47 heavy (non-hydrogen) atoms. The molecule has 4 atom stereocenters. The number of nitrogens with two attached hydrogens (primary N) is 1. The Bertz CT molecular complexity index is 1780. The van der Waals surface area contributed by atoms with Crippen molar-refractivity contribution in [1.82, 2.24) is 19.6 Å². The van der Waals surface area contributed by atoms with Crippen LogP contribution in [-0.2, 0) is 16.1 Å². The Labute approximate surface area is 264 Å². The summed E-state index contributed by atoms with van der Waals surface area (Å²) in [5.74, 6) is -4.76. The summed E-state index contributed by atoms with van der Waals surface area (Å²) in [6.07, 6.45) is -3.40. The molecule has 4 N–H and O–H groups in total. The van der Waals surface area contributed by atoms with Crippen molar-refractivity contribution in [1.29, 1.82) is 0 Å². The molecule has 3 aliphatic rings. The highest BCUT2D eigenvalue weighted by atomic mass is 19.4. The summed E-state index contributed by atoms with van der Waals surface area (Å²) >= 11 is 0. The minimum atomic E-state index is -5.15. The summed E-state index contributed by atoms with van der Waals surface area (Å²) in [5.41, 5.74) is 3.96. The molecule has 6 rings (SSSR count). The smallest absolute Gasteiger partial charge is 0.403 e. The number of rotatable bonds is 7. The predicted molar refractivity (Wildman–Crippen MR) is 156 cm³/mol. The van der Waals surface area contributed by atoms with Crippen LogP contribution in [0.3, 0.4) is 0 Å². The zero-order valence-corrected chi connectivity index (χ0v) is 24.9. The predicted octanol–water partition coefficient (Wildman–Crippen LogP) is 4.16. The van der Waals surface area contributed by atoms with Crippen LogP contribution in [-0.4, -0.2) is 80.5 Å². The Morgan fingerprint density at radius 2 is 1.89 bits per heavy atom. The zero-order valence-electron chi connectivity index (χ0n) is 24.9. The molecule has 1 aliphatic carbocycles. The summed E-state index contributed by atoms with van der Waals surface area (Å²) in [6, 6.07) is 5.60. The first-order chi connectivity index (χ1) is 22.1. The van der Waals surface area contributed by atoms with Crippen LogP contribution >= 0.6 is 0 Å². The number of primary amides is 1. The van der Waals surface area contributed by atoms with Crippen molar-refractivity contribution in [3.63, 3.8) is 0 Å². The van der Waals surface area contributed by atoms with Crippen molar-refractivity contribution in [3.05, 3.63) is 47.9 Å². The van der Waals surface area contributed by atoms with Crippen LogP contribution in [0.2, 0.25) is 0 Å². The van der Waals surface area contributed by atoms with Crippen molar-refractivity contribution < 1.29 is 45.9 Å². The summed E-state index contributed by atoms with van der Waals surface area (Å²) in [6.45, 7) is 1.34. The van der Waals surface area contributed by atoms with Gasteiger partial charge in [-0.3, -0.25) is 19.1 Å². The van der Waals surface area contributed by atoms with Crippen LogP contribution in [0, 0.1) is 11.7 Å². The summed E-state index contributed by atoms with van der Waals surface area (Å²) in [4.78, 5) is 54.6. The number of alkyl halides is 4. The molecule has 17 heteroatoms. The van der Waals surface area contributed by atoms with Crippen molar-refractivity contribution in [2.45, 2.75) is 63.3 Å². The maximum atomic E-state index is 14.7. The van der Waals surface area contributed by atoms with Crippen LogP contribution in [0.4, 0.5) is 38.1 Å². The van der Waals surface area contributed by atoms with E-state index >= 15 is 0 Å². The van der Waals surface area contributed by atoms with E-state index in [9.17, 15) is 41.1 Å². The van der Waals surface area contributed by atoms with E-state index in [1.165, 1.54) is 39.6 Å². The number of ether oxygens (including phenoxy) is 1. The molecule has 2 saturated heterocycles. The van der Waals surface area contributed by atoms with Gasteiger partial charge in [0, 0.05) is 23.7 Å². The number of likely N-dealkylation sites (tertiary alicyclic amines) is 2. The van der Waals surface area contributed by atoms with Crippen LogP contribution < -0.4 is 21.1 Å². The Morgan fingerprint density at radius 1 is 1.13 bits per heavy atom. The van der Waals surface area contributed by atoms with E-state index in [-0.39, 0.29) is 41.7 Å². The lowest BCUT2D eigenvalue weighted by molar-refractivity contribution is -0.275. The van der Waals surface area contributed by atoms with E-state index in [1.807, 2.05) is 0 Å². The number of amides is 5. The molecule has 0 spiro atoms. The van der Waals surface area contributed by atoms with Gasteiger partial charge >= 0.3 is 12.4 Å². The van der Waals surface area contributed by atoms with Crippen LogP contribution in [0.25, 0.3) is 10.9 Å². The Balaban J connectivity index is 1.19. The van der Waals surface area contributed by atoms with Crippen molar-refractivity contribution in [2.75, 3.05) is 23.7 Å². The van der Waals surface area contributed by atoms with Crippen molar-refractivity contribution >= 4 is 46.0 Å². The summed E-state index contributed by atoms with van der Waals surface area (Å²) < 4.78 is 72.1. The number of piperidine rings is 2. The van der Waals surface area contributed by atoms with Gasteiger partial charge in [0.05, 0.1) is 17.7 Å². The highest BCUT2D eigenvalue weighted by molar-refractivity contribution is 6.06. The topological polar surface area (TPSA) is 152 Å². The van der Waals surface area contributed by atoms with Crippen LogP contribution in [0.15, 0.2) is 36.4 Å². The molecule has 3 fully saturated rings. The number of hydrogen-bond donors (Lipinski definition) is 3. The number of hydrogen-bond acceptors (Lipinski definition) is 6. The first-order valence-corrected chi connectivity index (χ1v) is 14.8. The Morgan fingerprint density at radius 3 is 2.60 bits per heavy atom. The highest BCUT2D eigenvalue weighted by Crippen LogP contribution is 2.48. The van der Waals surface area contributed by atoms with E-state index in [2.05, 4.69) is 20.5 Å². The lowest BCUT2D eigenvalue weighted by Crippen LogP contribution is -2.47. The second kappa shape index (κ2) is 11.7. The van der Waals surface area contributed by atoms with Gasteiger partial charge in [0.2, 0.25) is 11.8 Å². The molecule has 2 aromatic carbocycles. The number of urea groups is 1. The Kier molecular flexibility index (Phi) is 7.96. The van der Waals surface area contributed by atoms with Gasteiger partial charge in [0.15, 0.2) is 17.3 Å². The van der Waals surface area contributed by atoms with E-state index in [0.717, 1.165) is 18.2 Å². The lowest BCUT2D eigenvalue weighted by atomic mass is 9.97. The van der Waals surface area contributed by atoms with Gasteiger partial charge in [-0.25, -0.2) is 13.6 Å². The minimum absolute atomic E-state index is 0.0105. The van der Waals surface area contributed by atoms with E-state index in [1.54, 1.807) is 0 Å². The number of anilines is 2. The maximum Gasteiger partial charge on any atom is 0.573 e. The first kappa shape index (κ1) is 32.0. The number of carbonyl (C=O) groups is 4. The number of aromatic nitrogens is 2. The molecule has 5 amide bonds. The molecule has 2 aliphatic heterocycles. The number of fused-ring (bicyclic) bond motifs is 2. The minimum Gasteiger partial charge on any atom is -0.403 e. The molecule has 1 saturated carbocycles. The molecule has 1 aromatic heterocycles. The van der Waals surface area contributed by atoms with Gasteiger partial charge in [0.1, 0.15) is 18.3 Å². The SMILES string of the molecule is CC1(F)CCCN(C(=O)Nc2ccc3c(c2)c(C(N)=O)nn3CC(=O)N2C3C[C@@H]3C[C@H]2C(=O)Nc2cccc(OC(F)(F)F)c2F)C1. The molecule has 3 heterocycles. The third-order valence-corrected chi connectivity index (χ3v) is 8.60. The van der Waals surface area contributed by atoms with Crippen LogP contribution in [0.1, 0.15) is 43.1 Å². The number of halogens is 5. The normalized spacial score (nSPS) is 23.7. The molecule has 2 unspecified atom stereocenters. The molecule has 0 bridgehead atoms. The average Bonchev–Trinajstić information content (AvgIpc) is 3.49. The van der Waals surface area contributed by atoms with Crippen molar-refractivity contribution in [2.24, 2.45) is 11.7 Å². The van der Waals surface area contributed by atoms with Crippen LogP contribution in [0.5, 0.6) is 5.75 Å².